The molecule has 2 aliphatic rings. The van der Waals surface area contributed by atoms with Crippen molar-refractivity contribution in [2.45, 2.75) is 45.4 Å². The number of cyclic esters (lactones) is 1. The van der Waals surface area contributed by atoms with Crippen LogP contribution >= 0.6 is 0 Å². The maximum atomic E-state index is 12.6. The summed E-state index contributed by atoms with van der Waals surface area (Å²) in [6, 6.07) is 2.50. The molecule has 33 heavy (non-hydrogen) atoms. The van der Waals surface area contributed by atoms with E-state index in [1.807, 2.05) is 12.2 Å². The van der Waals surface area contributed by atoms with Gasteiger partial charge < -0.3 is 24.7 Å². The first-order valence-corrected chi connectivity index (χ1v) is 11.5. The van der Waals surface area contributed by atoms with Gasteiger partial charge in [-0.2, -0.15) is 0 Å². The van der Waals surface area contributed by atoms with Crippen LogP contribution in [0.25, 0.3) is 0 Å². The number of piperidine rings is 1. The number of carbonyl (C=O) groups excluding carboxylic acids is 2. The molecule has 0 aromatic heterocycles. The molecule has 1 amide bonds. The van der Waals surface area contributed by atoms with E-state index in [0.29, 0.717) is 17.7 Å². The Kier molecular flexibility index (Phi) is 8.92. The number of oxime groups is 1. The fraction of sp³-hybridized carbons (Fsp3) is 0.480. The number of likely N-dealkylation sites (tertiary alicyclic amines) is 1. The first-order chi connectivity index (χ1) is 15.9. The van der Waals surface area contributed by atoms with Gasteiger partial charge in [-0.15, -0.1) is 0 Å². The third kappa shape index (κ3) is 7.37. The number of phenols is 2. The van der Waals surface area contributed by atoms with Gasteiger partial charge in [0.1, 0.15) is 17.1 Å². The Bertz CT molecular complexity index is 931. The molecule has 1 saturated heterocycles. The highest BCUT2D eigenvalue weighted by atomic mass is 16.6. The fourth-order valence-corrected chi connectivity index (χ4v) is 3.88. The van der Waals surface area contributed by atoms with Crippen molar-refractivity contribution in [3.8, 4) is 11.5 Å². The Morgan fingerprint density at radius 3 is 2.79 bits per heavy atom. The molecule has 1 unspecified atom stereocenters. The minimum atomic E-state index is -0.675. The number of aromatic hydroxyl groups is 2. The standard InChI is InChI=1S/C25H32N2O6/c1-18-8-3-6-13-32-25(31)24-19(15-21(28)16-22(24)29)14-20(10-7-9-18)26-33-17-23(30)27-11-4-2-5-12-27/h3,7-8,10,15-16,18,28-29H,2,4-6,9,11-14,17H2,1H3/b8-3+,10-7+,26-20?. The van der Waals surface area contributed by atoms with Gasteiger partial charge in [0.2, 0.25) is 0 Å². The van der Waals surface area contributed by atoms with E-state index in [9.17, 15) is 19.8 Å². The minimum absolute atomic E-state index is 0.0206. The molecule has 1 aromatic carbocycles. The van der Waals surface area contributed by atoms with Crippen molar-refractivity contribution in [3.05, 3.63) is 47.6 Å². The number of ether oxygens (including phenoxy) is 1. The molecule has 3 rings (SSSR count). The van der Waals surface area contributed by atoms with Crippen LogP contribution in [-0.4, -0.2) is 59.0 Å². The van der Waals surface area contributed by atoms with Gasteiger partial charge in [0, 0.05) is 25.6 Å². The molecule has 0 radical (unpaired) electrons. The molecule has 0 spiro atoms. The zero-order valence-electron chi connectivity index (χ0n) is 19.0. The molecule has 0 aliphatic carbocycles. The van der Waals surface area contributed by atoms with Gasteiger partial charge in [0.05, 0.1) is 12.3 Å². The molecule has 178 valence electrons. The van der Waals surface area contributed by atoms with E-state index in [0.717, 1.165) is 44.8 Å². The summed E-state index contributed by atoms with van der Waals surface area (Å²) < 4.78 is 5.31. The number of nitrogens with zero attached hydrogens (tertiary/aromatic N) is 2. The smallest absolute Gasteiger partial charge is 0.342 e. The average molecular weight is 457 g/mol. The van der Waals surface area contributed by atoms with Crippen LogP contribution in [0, 0.1) is 5.92 Å². The maximum Gasteiger partial charge on any atom is 0.342 e. The summed E-state index contributed by atoms with van der Waals surface area (Å²) in [5.74, 6) is -1.05. The third-order valence-corrected chi connectivity index (χ3v) is 5.64. The summed E-state index contributed by atoms with van der Waals surface area (Å²) in [6.45, 7) is 3.56. The number of allylic oxidation sites excluding steroid dienone is 3. The second-order valence-electron chi connectivity index (χ2n) is 8.44. The first-order valence-electron chi connectivity index (χ1n) is 11.5. The molecule has 8 heteroatoms. The lowest BCUT2D eigenvalue weighted by atomic mass is 9.99. The molecule has 0 bridgehead atoms. The van der Waals surface area contributed by atoms with Crippen molar-refractivity contribution < 1.29 is 29.4 Å². The molecular weight excluding hydrogens is 424 g/mol. The van der Waals surface area contributed by atoms with Gasteiger partial charge in [-0.1, -0.05) is 30.3 Å². The molecule has 1 fully saturated rings. The number of rotatable bonds is 3. The highest BCUT2D eigenvalue weighted by molar-refractivity contribution is 6.00. The lowest BCUT2D eigenvalue weighted by Crippen LogP contribution is -2.37. The Hall–Kier alpha value is -3.29. The van der Waals surface area contributed by atoms with Crippen LogP contribution in [0.5, 0.6) is 11.5 Å². The van der Waals surface area contributed by atoms with E-state index in [-0.39, 0.29) is 48.5 Å². The van der Waals surface area contributed by atoms with Crippen LogP contribution in [0.4, 0.5) is 0 Å². The Balaban J connectivity index is 1.83. The second kappa shape index (κ2) is 12.1. The number of carbonyl (C=O) groups is 2. The van der Waals surface area contributed by atoms with Crippen LogP contribution in [0.2, 0.25) is 0 Å². The van der Waals surface area contributed by atoms with Gasteiger partial charge in [-0.05, 0) is 55.7 Å². The zero-order valence-corrected chi connectivity index (χ0v) is 19.0. The van der Waals surface area contributed by atoms with E-state index in [1.165, 1.54) is 6.07 Å². The average Bonchev–Trinajstić information content (AvgIpc) is 2.78. The van der Waals surface area contributed by atoms with Gasteiger partial charge in [0.15, 0.2) is 6.61 Å². The predicted octanol–water partition coefficient (Wildman–Crippen LogP) is 3.72. The molecule has 0 saturated carbocycles. The predicted molar refractivity (Wildman–Crippen MR) is 124 cm³/mol. The quantitative estimate of drug-likeness (QED) is 0.408. The lowest BCUT2D eigenvalue weighted by Gasteiger charge is -2.26. The molecule has 1 atom stereocenters. The summed E-state index contributed by atoms with van der Waals surface area (Å²) in [6.07, 6.45) is 12.3. The van der Waals surface area contributed by atoms with Gasteiger partial charge in [0.25, 0.3) is 5.91 Å². The van der Waals surface area contributed by atoms with Crippen LogP contribution in [0.3, 0.4) is 0 Å². The number of hydrogen-bond donors (Lipinski definition) is 2. The molecule has 8 nitrogen and oxygen atoms in total. The Morgan fingerprint density at radius 1 is 1.21 bits per heavy atom. The van der Waals surface area contributed by atoms with Crippen molar-refractivity contribution in [3.63, 3.8) is 0 Å². The molecule has 2 N–H and O–H groups in total. The molecular formula is C25H32N2O6. The van der Waals surface area contributed by atoms with Crippen molar-refractivity contribution in [1.82, 2.24) is 4.90 Å². The third-order valence-electron chi connectivity index (χ3n) is 5.64. The number of amides is 1. The van der Waals surface area contributed by atoms with E-state index in [4.69, 9.17) is 9.57 Å². The number of phenolic OH excluding ortho intramolecular Hbond substituents is 2. The molecule has 2 aliphatic heterocycles. The van der Waals surface area contributed by atoms with Gasteiger partial charge >= 0.3 is 5.97 Å². The lowest BCUT2D eigenvalue weighted by molar-refractivity contribution is -0.137. The normalized spacial score (nSPS) is 23.2. The van der Waals surface area contributed by atoms with Crippen LogP contribution < -0.4 is 0 Å². The Labute approximate surface area is 194 Å². The second-order valence-corrected chi connectivity index (χ2v) is 8.44. The van der Waals surface area contributed by atoms with Crippen LogP contribution in [-0.2, 0) is 20.8 Å². The summed E-state index contributed by atoms with van der Waals surface area (Å²) in [4.78, 5) is 32.2. The first kappa shape index (κ1) is 24.4. The SMILES string of the molecule is CC1/C=C/CCOC(=O)c2c(O)cc(O)cc2CC(=NOCC(=O)N2CCCCC2)/C=C/C1. The van der Waals surface area contributed by atoms with Crippen molar-refractivity contribution >= 4 is 17.6 Å². The van der Waals surface area contributed by atoms with E-state index in [1.54, 1.807) is 11.0 Å². The highest BCUT2D eigenvalue weighted by Crippen LogP contribution is 2.29. The highest BCUT2D eigenvalue weighted by Gasteiger charge is 2.21. The van der Waals surface area contributed by atoms with Crippen LogP contribution in [0.1, 0.15) is 54.9 Å². The monoisotopic (exact) mass is 456 g/mol. The van der Waals surface area contributed by atoms with Crippen molar-refractivity contribution in [1.29, 1.82) is 0 Å². The summed E-state index contributed by atoms with van der Waals surface area (Å²) in [5.41, 5.74) is 0.786. The van der Waals surface area contributed by atoms with E-state index < -0.39 is 5.97 Å². The number of fused-ring (bicyclic) bond motifs is 1. The van der Waals surface area contributed by atoms with Gasteiger partial charge in [-0.25, -0.2) is 4.79 Å². The topological polar surface area (TPSA) is 109 Å². The van der Waals surface area contributed by atoms with E-state index >= 15 is 0 Å². The number of hydrogen-bond acceptors (Lipinski definition) is 7. The summed E-state index contributed by atoms with van der Waals surface area (Å²) in [5, 5.41) is 24.4. The van der Waals surface area contributed by atoms with Crippen molar-refractivity contribution in [2.75, 3.05) is 26.3 Å². The molecule has 1 aromatic rings. The maximum absolute atomic E-state index is 12.6. The zero-order chi connectivity index (χ0) is 23.6. The minimum Gasteiger partial charge on any atom is -0.508 e. The number of esters is 1. The van der Waals surface area contributed by atoms with Crippen molar-refractivity contribution in [2.24, 2.45) is 11.1 Å². The summed E-state index contributed by atoms with van der Waals surface area (Å²) >= 11 is 0. The number of benzene rings is 1. The fourth-order valence-electron chi connectivity index (χ4n) is 3.88. The summed E-state index contributed by atoms with van der Waals surface area (Å²) in [7, 11) is 0. The largest absolute Gasteiger partial charge is 0.508 e. The molecule has 2 heterocycles. The van der Waals surface area contributed by atoms with Gasteiger partial charge in [-0.3, -0.25) is 4.79 Å². The van der Waals surface area contributed by atoms with Crippen LogP contribution in [0.15, 0.2) is 41.6 Å². The van der Waals surface area contributed by atoms with E-state index in [2.05, 4.69) is 18.2 Å². The Morgan fingerprint density at radius 2 is 2.00 bits per heavy atom.